The lowest BCUT2D eigenvalue weighted by Gasteiger charge is -2.38. The Balaban J connectivity index is 1.67. The van der Waals surface area contributed by atoms with Crippen LogP contribution in [0.4, 0.5) is 4.79 Å². The molecule has 0 spiro atoms. The summed E-state index contributed by atoms with van der Waals surface area (Å²) in [5, 5.41) is 17.7. The predicted octanol–water partition coefficient (Wildman–Crippen LogP) is 0.0258. The van der Waals surface area contributed by atoms with Crippen LogP contribution in [-0.2, 0) is 11.3 Å². The first-order chi connectivity index (χ1) is 8.15. The first-order valence-electron chi connectivity index (χ1n) is 5.37. The number of nitrogens with one attached hydrogen (secondary N) is 2. The Kier molecular flexibility index (Phi) is 3.27. The summed E-state index contributed by atoms with van der Waals surface area (Å²) in [4.78, 5) is 23.6. The fraction of sp³-hybridized carbons (Fsp3) is 0.500. The van der Waals surface area contributed by atoms with Crippen LogP contribution in [0.2, 0.25) is 0 Å². The lowest BCUT2D eigenvalue weighted by Crippen LogP contribution is -2.54. The summed E-state index contributed by atoms with van der Waals surface area (Å²) < 4.78 is 0. The van der Waals surface area contributed by atoms with Gasteiger partial charge in [0.15, 0.2) is 0 Å². The minimum atomic E-state index is -0.812. The highest BCUT2D eigenvalue weighted by atomic mass is 16.4. The van der Waals surface area contributed by atoms with Crippen LogP contribution in [0.25, 0.3) is 0 Å². The zero-order valence-electron chi connectivity index (χ0n) is 9.22. The Hall–Kier alpha value is -2.05. The average molecular weight is 238 g/mol. The molecule has 1 saturated heterocycles. The van der Waals surface area contributed by atoms with Gasteiger partial charge >= 0.3 is 12.0 Å². The molecular formula is C10H14N4O3. The molecule has 1 aromatic rings. The molecule has 0 radical (unpaired) electrons. The van der Waals surface area contributed by atoms with Crippen molar-refractivity contribution in [3.8, 4) is 0 Å². The van der Waals surface area contributed by atoms with E-state index in [1.807, 2.05) is 0 Å². The molecule has 92 valence electrons. The number of rotatable bonds is 4. The van der Waals surface area contributed by atoms with Crippen molar-refractivity contribution < 1.29 is 14.7 Å². The van der Waals surface area contributed by atoms with E-state index in [9.17, 15) is 9.59 Å². The minimum absolute atomic E-state index is 0.0900. The SMILES string of the molecule is O=C(O)CC1CN(C(=O)NCc2cn[nH]c2)C1. The van der Waals surface area contributed by atoms with Gasteiger partial charge in [-0.2, -0.15) is 5.10 Å². The van der Waals surface area contributed by atoms with Crippen LogP contribution in [0.15, 0.2) is 12.4 Å². The Morgan fingerprint density at radius 1 is 1.59 bits per heavy atom. The summed E-state index contributed by atoms with van der Waals surface area (Å²) in [7, 11) is 0. The summed E-state index contributed by atoms with van der Waals surface area (Å²) in [6, 6.07) is -0.159. The first-order valence-corrected chi connectivity index (χ1v) is 5.37. The van der Waals surface area contributed by atoms with Crippen molar-refractivity contribution in [1.29, 1.82) is 0 Å². The Morgan fingerprint density at radius 3 is 2.94 bits per heavy atom. The van der Waals surface area contributed by atoms with E-state index in [1.165, 1.54) is 0 Å². The Bertz CT molecular complexity index is 398. The molecule has 0 atom stereocenters. The van der Waals surface area contributed by atoms with E-state index in [4.69, 9.17) is 5.11 Å². The third kappa shape index (κ3) is 2.96. The number of aliphatic carboxylic acids is 1. The van der Waals surface area contributed by atoms with Gasteiger partial charge in [-0.15, -0.1) is 0 Å². The molecule has 0 saturated carbocycles. The molecule has 7 nitrogen and oxygen atoms in total. The highest BCUT2D eigenvalue weighted by Crippen LogP contribution is 2.18. The third-order valence-corrected chi connectivity index (χ3v) is 2.71. The second kappa shape index (κ2) is 4.86. The average Bonchev–Trinajstić information content (AvgIpc) is 2.71. The number of amides is 2. The summed E-state index contributed by atoms with van der Waals surface area (Å²) in [6.07, 6.45) is 3.48. The second-order valence-electron chi connectivity index (χ2n) is 4.13. The van der Waals surface area contributed by atoms with Crippen LogP contribution in [0.1, 0.15) is 12.0 Å². The summed E-state index contributed by atoms with van der Waals surface area (Å²) >= 11 is 0. The van der Waals surface area contributed by atoms with Crippen molar-refractivity contribution in [3.63, 3.8) is 0 Å². The highest BCUT2D eigenvalue weighted by molar-refractivity contribution is 5.75. The topological polar surface area (TPSA) is 98.3 Å². The maximum atomic E-state index is 11.6. The number of urea groups is 1. The van der Waals surface area contributed by atoms with Gasteiger partial charge < -0.3 is 15.3 Å². The number of hydrogen-bond donors (Lipinski definition) is 3. The van der Waals surface area contributed by atoms with Crippen molar-refractivity contribution in [2.75, 3.05) is 13.1 Å². The fourth-order valence-electron chi connectivity index (χ4n) is 1.78. The quantitative estimate of drug-likeness (QED) is 0.689. The van der Waals surface area contributed by atoms with Gasteiger partial charge in [-0.05, 0) is 0 Å². The van der Waals surface area contributed by atoms with E-state index in [0.29, 0.717) is 19.6 Å². The number of aromatic amines is 1. The molecule has 0 aromatic carbocycles. The van der Waals surface area contributed by atoms with E-state index in [0.717, 1.165) is 5.56 Å². The maximum Gasteiger partial charge on any atom is 0.317 e. The molecule has 7 heteroatoms. The number of H-pyrrole nitrogens is 1. The number of likely N-dealkylation sites (tertiary alicyclic amines) is 1. The van der Waals surface area contributed by atoms with Gasteiger partial charge in [-0.1, -0.05) is 0 Å². The molecule has 2 amide bonds. The largest absolute Gasteiger partial charge is 0.481 e. The van der Waals surface area contributed by atoms with Crippen LogP contribution in [0.5, 0.6) is 0 Å². The number of carbonyl (C=O) groups excluding carboxylic acids is 1. The van der Waals surface area contributed by atoms with Crippen LogP contribution < -0.4 is 5.32 Å². The van der Waals surface area contributed by atoms with Crippen molar-refractivity contribution >= 4 is 12.0 Å². The van der Waals surface area contributed by atoms with Crippen molar-refractivity contribution in [3.05, 3.63) is 18.0 Å². The molecule has 1 aliphatic rings. The van der Waals surface area contributed by atoms with Gasteiger partial charge in [0.2, 0.25) is 0 Å². The molecule has 0 aliphatic carbocycles. The van der Waals surface area contributed by atoms with E-state index >= 15 is 0 Å². The zero-order valence-corrected chi connectivity index (χ0v) is 9.22. The number of hydrogen-bond acceptors (Lipinski definition) is 3. The second-order valence-corrected chi connectivity index (χ2v) is 4.13. The third-order valence-electron chi connectivity index (χ3n) is 2.71. The van der Waals surface area contributed by atoms with E-state index < -0.39 is 5.97 Å². The van der Waals surface area contributed by atoms with Gasteiger partial charge in [-0.3, -0.25) is 9.89 Å². The lowest BCUT2D eigenvalue weighted by atomic mass is 9.97. The van der Waals surface area contributed by atoms with Crippen LogP contribution in [0.3, 0.4) is 0 Å². The number of carbonyl (C=O) groups is 2. The monoisotopic (exact) mass is 238 g/mol. The van der Waals surface area contributed by atoms with Crippen molar-refractivity contribution in [2.24, 2.45) is 5.92 Å². The molecule has 2 rings (SSSR count). The number of nitrogens with zero attached hydrogens (tertiary/aromatic N) is 2. The molecule has 2 heterocycles. The number of carboxylic acid groups (broad SMARTS) is 1. The molecule has 1 aromatic heterocycles. The smallest absolute Gasteiger partial charge is 0.317 e. The van der Waals surface area contributed by atoms with Gasteiger partial charge in [0.05, 0.1) is 12.6 Å². The Labute approximate surface area is 97.8 Å². The zero-order chi connectivity index (χ0) is 12.3. The standard InChI is InChI=1S/C10H14N4O3/c15-9(16)1-7-5-14(6-7)10(17)11-2-8-3-12-13-4-8/h3-4,7H,1-2,5-6H2,(H,11,17)(H,12,13)(H,15,16). The summed E-state index contributed by atoms with van der Waals surface area (Å²) in [5.74, 6) is -0.722. The Morgan fingerprint density at radius 2 is 2.35 bits per heavy atom. The summed E-state index contributed by atoms with van der Waals surface area (Å²) in [5.41, 5.74) is 0.904. The van der Waals surface area contributed by atoms with Gasteiger partial charge in [0.1, 0.15) is 0 Å². The van der Waals surface area contributed by atoms with Gasteiger partial charge in [-0.25, -0.2) is 4.79 Å². The van der Waals surface area contributed by atoms with Crippen LogP contribution >= 0.6 is 0 Å². The van der Waals surface area contributed by atoms with E-state index in [-0.39, 0.29) is 18.4 Å². The van der Waals surface area contributed by atoms with E-state index in [1.54, 1.807) is 17.3 Å². The minimum Gasteiger partial charge on any atom is -0.481 e. The normalized spacial score (nSPS) is 15.4. The molecular weight excluding hydrogens is 224 g/mol. The van der Waals surface area contributed by atoms with Crippen LogP contribution in [0, 0.1) is 5.92 Å². The first kappa shape index (κ1) is 11.4. The molecule has 0 bridgehead atoms. The number of carboxylic acids is 1. The van der Waals surface area contributed by atoms with Crippen molar-refractivity contribution in [2.45, 2.75) is 13.0 Å². The molecule has 0 unspecified atom stereocenters. The molecule has 1 fully saturated rings. The van der Waals surface area contributed by atoms with Gasteiger partial charge in [0, 0.05) is 37.3 Å². The molecule has 17 heavy (non-hydrogen) atoms. The van der Waals surface area contributed by atoms with E-state index in [2.05, 4.69) is 15.5 Å². The molecule has 3 N–H and O–H groups in total. The molecule has 1 aliphatic heterocycles. The summed E-state index contributed by atoms with van der Waals surface area (Å²) in [6.45, 7) is 1.46. The number of aromatic nitrogens is 2. The predicted molar refractivity (Wildman–Crippen MR) is 58.1 cm³/mol. The lowest BCUT2D eigenvalue weighted by molar-refractivity contribution is -0.139. The highest BCUT2D eigenvalue weighted by Gasteiger charge is 2.31. The van der Waals surface area contributed by atoms with Crippen molar-refractivity contribution in [1.82, 2.24) is 20.4 Å². The van der Waals surface area contributed by atoms with Crippen LogP contribution in [-0.4, -0.2) is 45.3 Å². The maximum absolute atomic E-state index is 11.6. The fourth-order valence-corrected chi connectivity index (χ4v) is 1.78. The van der Waals surface area contributed by atoms with Gasteiger partial charge in [0.25, 0.3) is 0 Å².